The van der Waals surface area contributed by atoms with Crippen molar-refractivity contribution in [1.29, 1.82) is 0 Å². The standard InChI is InChI=1S/C22H29N3O4/c1-14-11-15(2)13-24(12-14)20-19(21(27)25(22(20)28)9-10-29-4)17-5-7-18(8-6-17)23-16(3)26/h5-8,14-15H,9-13H2,1-4H3,(H,23,26). The summed E-state index contributed by atoms with van der Waals surface area (Å²) < 4.78 is 5.09. The summed E-state index contributed by atoms with van der Waals surface area (Å²) in [5.41, 5.74) is 2.24. The van der Waals surface area contributed by atoms with Gasteiger partial charge in [0, 0.05) is 32.8 Å². The van der Waals surface area contributed by atoms with Crippen molar-refractivity contribution in [3.8, 4) is 0 Å². The lowest BCUT2D eigenvalue weighted by molar-refractivity contribution is -0.138. The molecule has 1 saturated heterocycles. The number of carbonyl (C=O) groups excluding carboxylic acids is 3. The molecule has 0 aromatic heterocycles. The van der Waals surface area contributed by atoms with Gasteiger partial charge in [-0.25, -0.2) is 0 Å². The molecular weight excluding hydrogens is 370 g/mol. The Bertz CT molecular complexity index is 821. The Kier molecular flexibility index (Phi) is 6.37. The van der Waals surface area contributed by atoms with Crippen molar-refractivity contribution < 1.29 is 19.1 Å². The summed E-state index contributed by atoms with van der Waals surface area (Å²) in [6.45, 7) is 7.83. The number of benzene rings is 1. The van der Waals surface area contributed by atoms with Crippen LogP contribution < -0.4 is 5.32 Å². The van der Waals surface area contributed by atoms with Gasteiger partial charge >= 0.3 is 0 Å². The third kappa shape index (κ3) is 4.50. The third-order valence-corrected chi connectivity index (χ3v) is 5.34. The van der Waals surface area contributed by atoms with E-state index in [-0.39, 0.29) is 24.3 Å². The maximum Gasteiger partial charge on any atom is 0.277 e. The van der Waals surface area contributed by atoms with Gasteiger partial charge in [0.15, 0.2) is 0 Å². The first-order valence-electron chi connectivity index (χ1n) is 10.0. The molecule has 0 spiro atoms. The van der Waals surface area contributed by atoms with Crippen LogP contribution in [0.2, 0.25) is 0 Å². The number of methoxy groups -OCH3 is 1. The molecule has 0 bridgehead atoms. The van der Waals surface area contributed by atoms with Gasteiger partial charge in [-0.2, -0.15) is 0 Å². The van der Waals surface area contributed by atoms with Gasteiger partial charge in [0.05, 0.1) is 18.7 Å². The van der Waals surface area contributed by atoms with Crippen molar-refractivity contribution >= 4 is 29.0 Å². The van der Waals surface area contributed by atoms with Crippen molar-refractivity contribution in [3.63, 3.8) is 0 Å². The third-order valence-electron chi connectivity index (χ3n) is 5.34. The number of carbonyl (C=O) groups is 3. The van der Waals surface area contributed by atoms with Crippen LogP contribution in [0.5, 0.6) is 0 Å². The summed E-state index contributed by atoms with van der Waals surface area (Å²) in [6, 6.07) is 7.06. The zero-order valence-electron chi connectivity index (χ0n) is 17.5. The molecule has 2 atom stereocenters. The summed E-state index contributed by atoms with van der Waals surface area (Å²) in [5.74, 6) is 0.192. The van der Waals surface area contributed by atoms with Crippen LogP contribution in [0.3, 0.4) is 0 Å². The van der Waals surface area contributed by atoms with Crippen molar-refractivity contribution in [2.24, 2.45) is 11.8 Å². The first kappa shape index (κ1) is 21.0. The zero-order chi connectivity index (χ0) is 21.1. The van der Waals surface area contributed by atoms with E-state index in [1.807, 2.05) is 0 Å². The molecule has 7 nitrogen and oxygen atoms in total. The molecule has 1 N–H and O–H groups in total. The molecule has 3 rings (SSSR count). The summed E-state index contributed by atoms with van der Waals surface area (Å²) >= 11 is 0. The highest BCUT2D eigenvalue weighted by Crippen LogP contribution is 2.35. The highest BCUT2D eigenvalue weighted by molar-refractivity contribution is 6.35. The molecule has 0 radical (unpaired) electrons. The van der Waals surface area contributed by atoms with Gasteiger partial charge < -0.3 is 15.0 Å². The summed E-state index contributed by atoms with van der Waals surface area (Å²) in [5, 5.41) is 2.72. The van der Waals surface area contributed by atoms with E-state index in [2.05, 4.69) is 24.1 Å². The van der Waals surface area contributed by atoms with Crippen molar-refractivity contribution in [2.75, 3.05) is 38.7 Å². The number of nitrogens with one attached hydrogen (secondary N) is 1. The lowest BCUT2D eigenvalue weighted by Crippen LogP contribution is -2.42. The van der Waals surface area contributed by atoms with Crippen LogP contribution in [0, 0.1) is 11.8 Å². The molecule has 0 aliphatic carbocycles. The van der Waals surface area contributed by atoms with Gasteiger partial charge in [0.1, 0.15) is 5.70 Å². The quantitative estimate of drug-likeness (QED) is 0.743. The summed E-state index contributed by atoms with van der Waals surface area (Å²) in [6.07, 6.45) is 1.11. The van der Waals surface area contributed by atoms with Gasteiger partial charge in [0.2, 0.25) is 5.91 Å². The predicted molar refractivity (Wildman–Crippen MR) is 111 cm³/mol. The van der Waals surface area contributed by atoms with Crippen LogP contribution in [-0.2, 0) is 19.1 Å². The molecule has 2 unspecified atom stereocenters. The SMILES string of the molecule is COCCN1C(=O)C(c2ccc(NC(C)=O)cc2)=C(N2CC(C)CC(C)C2)C1=O. The fourth-order valence-electron chi connectivity index (χ4n) is 4.27. The normalized spacial score (nSPS) is 22.5. The second-order valence-electron chi connectivity index (χ2n) is 8.09. The Hall–Kier alpha value is -2.67. The van der Waals surface area contributed by atoms with E-state index >= 15 is 0 Å². The number of hydrogen-bond acceptors (Lipinski definition) is 5. The average molecular weight is 399 g/mol. The first-order valence-corrected chi connectivity index (χ1v) is 10.0. The fraction of sp³-hybridized carbons (Fsp3) is 0.500. The minimum atomic E-state index is -0.291. The van der Waals surface area contributed by atoms with Gasteiger partial charge in [-0.1, -0.05) is 26.0 Å². The van der Waals surface area contributed by atoms with Gasteiger partial charge in [0.25, 0.3) is 11.8 Å². The Morgan fingerprint density at radius 2 is 1.72 bits per heavy atom. The van der Waals surface area contributed by atoms with E-state index in [1.54, 1.807) is 31.4 Å². The molecule has 1 aromatic carbocycles. The maximum absolute atomic E-state index is 13.2. The number of piperidine rings is 1. The minimum absolute atomic E-state index is 0.160. The number of nitrogens with zero attached hydrogens (tertiary/aromatic N) is 2. The predicted octanol–water partition coefficient (Wildman–Crippen LogP) is 2.35. The van der Waals surface area contributed by atoms with Crippen LogP contribution in [0.4, 0.5) is 5.69 Å². The van der Waals surface area contributed by atoms with Crippen LogP contribution in [0.25, 0.3) is 5.57 Å². The van der Waals surface area contributed by atoms with Gasteiger partial charge in [-0.3, -0.25) is 19.3 Å². The smallest absolute Gasteiger partial charge is 0.277 e. The summed E-state index contributed by atoms with van der Waals surface area (Å²) in [4.78, 5) is 41.0. The highest BCUT2D eigenvalue weighted by atomic mass is 16.5. The highest BCUT2D eigenvalue weighted by Gasteiger charge is 2.42. The number of imide groups is 1. The number of ether oxygens (including phenoxy) is 1. The first-order chi connectivity index (χ1) is 13.8. The number of rotatable bonds is 6. The second-order valence-corrected chi connectivity index (χ2v) is 8.09. The van der Waals surface area contributed by atoms with E-state index < -0.39 is 0 Å². The van der Waals surface area contributed by atoms with Crippen LogP contribution >= 0.6 is 0 Å². The van der Waals surface area contributed by atoms with Crippen LogP contribution in [-0.4, -0.2) is 60.9 Å². The molecule has 156 valence electrons. The van der Waals surface area contributed by atoms with Crippen molar-refractivity contribution in [3.05, 3.63) is 35.5 Å². The van der Waals surface area contributed by atoms with Crippen LogP contribution in [0.15, 0.2) is 30.0 Å². The number of hydrogen-bond donors (Lipinski definition) is 1. The number of likely N-dealkylation sites (tertiary alicyclic amines) is 1. The average Bonchev–Trinajstić information content (AvgIpc) is 2.89. The Balaban J connectivity index is 2.01. The van der Waals surface area contributed by atoms with E-state index in [9.17, 15) is 14.4 Å². The topological polar surface area (TPSA) is 79.0 Å². The fourth-order valence-corrected chi connectivity index (χ4v) is 4.27. The van der Waals surface area contributed by atoms with Crippen LogP contribution in [0.1, 0.15) is 32.8 Å². The lowest BCUT2D eigenvalue weighted by Gasteiger charge is -2.37. The van der Waals surface area contributed by atoms with Crippen molar-refractivity contribution in [1.82, 2.24) is 9.80 Å². The number of anilines is 1. The Morgan fingerprint density at radius 1 is 1.10 bits per heavy atom. The molecule has 1 fully saturated rings. The molecule has 7 heteroatoms. The monoisotopic (exact) mass is 399 g/mol. The summed E-state index contributed by atoms with van der Waals surface area (Å²) in [7, 11) is 1.55. The molecule has 3 amide bonds. The second kappa shape index (κ2) is 8.78. The molecule has 2 aliphatic heterocycles. The van der Waals surface area contributed by atoms with Gasteiger partial charge in [-0.05, 0) is 36.0 Å². The Labute approximate surface area is 171 Å². The molecule has 2 aliphatic rings. The van der Waals surface area contributed by atoms with E-state index in [1.165, 1.54) is 11.8 Å². The molecule has 2 heterocycles. The molecule has 1 aromatic rings. The van der Waals surface area contributed by atoms with E-state index in [0.29, 0.717) is 41.0 Å². The van der Waals surface area contributed by atoms with E-state index in [4.69, 9.17) is 4.74 Å². The zero-order valence-corrected chi connectivity index (χ0v) is 17.5. The van der Waals surface area contributed by atoms with Crippen molar-refractivity contribution in [2.45, 2.75) is 27.2 Å². The largest absolute Gasteiger partial charge is 0.383 e. The lowest BCUT2D eigenvalue weighted by atomic mass is 9.91. The Morgan fingerprint density at radius 3 is 2.28 bits per heavy atom. The molecule has 29 heavy (non-hydrogen) atoms. The van der Waals surface area contributed by atoms with E-state index in [0.717, 1.165) is 19.5 Å². The molecule has 0 saturated carbocycles. The maximum atomic E-state index is 13.2. The van der Waals surface area contributed by atoms with Gasteiger partial charge in [-0.15, -0.1) is 0 Å². The molecular formula is C22H29N3O4. The number of amides is 3. The minimum Gasteiger partial charge on any atom is -0.383 e.